The van der Waals surface area contributed by atoms with Crippen LogP contribution in [0.2, 0.25) is 0 Å². The first-order chi connectivity index (χ1) is 13.1. The highest BCUT2D eigenvalue weighted by molar-refractivity contribution is 8.05. The maximum absolute atomic E-state index is 13.9. The SMILES string of the molecule is CCCCC(CC)C(=O)NS(=O)(=O)C(F)(F)C(F)(F)C(F)(F)S(=O)(=O)NS(C)(=O)=O. The van der Waals surface area contributed by atoms with E-state index in [2.05, 4.69) is 0 Å². The van der Waals surface area contributed by atoms with Gasteiger partial charge in [-0.25, -0.2) is 21.6 Å². The lowest BCUT2D eigenvalue weighted by molar-refractivity contribution is -0.244. The molecule has 30 heavy (non-hydrogen) atoms. The van der Waals surface area contributed by atoms with Gasteiger partial charge in [0.05, 0.1) is 6.26 Å². The zero-order valence-electron chi connectivity index (χ0n) is 15.8. The van der Waals surface area contributed by atoms with E-state index >= 15 is 0 Å². The van der Waals surface area contributed by atoms with E-state index in [4.69, 9.17) is 0 Å². The number of sulfonamides is 3. The van der Waals surface area contributed by atoms with Gasteiger partial charge in [0.25, 0.3) is 10.0 Å². The van der Waals surface area contributed by atoms with Gasteiger partial charge in [-0.3, -0.25) is 4.79 Å². The Balaban J connectivity index is 6.15. The van der Waals surface area contributed by atoms with E-state index < -0.39 is 58.3 Å². The minimum Gasteiger partial charge on any atom is -0.274 e. The molecule has 0 fully saturated rings. The molecule has 0 heterocycles. The number of rotatable bonds is 12. The van der Waals surface area contributed by atoms with Crippen LogP contribution in [-0.2, 0) is 34.9 Å². The predicted octanol–water partition coefficient (Wildman–Crippen LogP) is 1.35. The third kappa shape index (κ3) is 5.76. The zero-order chi connectivity index (χ0) is 24.4. The van der Waals surface area contributed by atoms with Crippen molar-refractivity contribution in [3.63, 3.8) is 0 Å². The van der Waals surface area contributed by atoms with Crippen LogP contribution < -0.4 is 8.85 Å². The van der Waals surface area contributed by atoms with Crippen molar-refractivity contribution in [2.24, 2.45) is 5.92 Å². The van der Waals surface area contributed by atoms with Crippen molar-refractivity contribution >= 4 is 36.0 Å². The molecular formula is C12H20F6N2O7S3. The van der Waals surface area contributed by atoms with Gasteiger partial charge in [-0.1, -0.05) is 26.7 Å². The quantitative estimate of drug-likeness (QED) is 0.374. The van der Waals surface area contributed by atoms with Crippen LogP contribution in [0.15, 0.2) is 0 Å². The summed E-state index contributed by atoms with van der Waals surface area (Å²) in [6.45, 7) is 3.01. The van der Waals surface area contributed by atoms with Crippen molar-refractivity contribution in [3.8, 4) is 0 Å². The van der Waals surface area contributed by atoms with E-state index in [-0.39, 0.29) is 23.2 Å². The molecule has 0 radical (unpaired) electrons. The van der Waals surface area contributed by atoms with Crippen molar-refractivity contribution in [1.29, 1.82) is 0 Å². The van der Waals surface area contributed by atoms with E-state index in [9.17, 15) is 56.4 Å². The molecule has 0 aromatic rings. The number of nitrogens with one attached hydrogen (secondary N) is 2. The third-order valence-corrected chi connectivity index (χ3v) is 8.09. The molecule has 1 atom stereocenters. The van der Waals surface area contributed by atoms with Crippen LogP contribution in [0.5, 0.6) is 0 Å². The molecule has 180 valence electrons. The second-order valence-electron chi connectivity index (χ2n) is 6.18. The summed E-state index contributed by atoms with van der Waals surface area (Å²) in [5.74, 6) is -10.1. The number of hydrogen-bond donors (Lipinski definition) is 2. The monoisotopic (exact) mass is 514 g/mol. The lowest BCUT2D eigenvalue weighted by Crippen LogP contribution is -2.65. The number of carbonyl (C=O) groups excluding carboxylic acids is 1. The Morgan fingerprint density at radius 3 is 1.67 bits per heavy atom. The lowest BCUT2D eigenvalue weighted by Gasteiger charge is -2.31. The van der Waals surface area contributed by atoms with Crippen LogP contribution in [0.4, 0.5) is 26.3 Å². The summed E-state index contributed by atoms with van der Waals surface area (Å²) in [6.07, 6.45) is 0.633. The summed E-state index contributed by atoms with van der Waals surface area (Å²) in [4.78, 5) is 11.8. The van der Waals surface area contributed by atoms with E-state index in [1.165, 1.54) is 6.92 Å². The first-order valence-electron chi connectivity index (χ1n) is 8.04. The van der Waals surface area contributed by atoms with Crippen LogP contribution in [-0.4, -0.2) is 53.8 Å². The van der Waals surface area contributed by atoms with Gasteiger partial charge in [0.2, 0.25) is 15.9 Å². The van der Waals surface area contributed by atoms with Crippen LogP contribution >= 0.6 is 0 Å². The molecule has 0 spiro atoms. The van der Waals surface area contributed by atoms with Crippen molar-refractivity contribution in [2.45, 2.75) is 56.0 Å². The molecule has 0 saturated carbocycles. The van der Waals surface area contributed by atoms with Crippen molar-refractivity contribution in [1.82, 2.24) is 8.85 Å². The summed E-state index contributed by atoms with van der Waals surface area (Å²) in [6, 6.07) is 0. The van der Waals surface area contributed by atoms with Crippen LogP contribution in [0.1, 0.15) is 39.5 Å². The largest absolute Gasteiger partial charge is 0.433 e. The third-order valence-electron chi connectivity index (χ3n) is 3.67. The van der Waals surface area contributed by atoms with Gasteiger partial charge in [-0.05, 0) is 12.8 Å². The van der Waals surface area contributed by atoms with Gasteiger partial charge < -0.3 is 0 Å². The number of halogens is 6. The second-order valence-corrected chi connectivity index (χ2v) is 11.6. The maximum Gasteiger partial charge on any atom is 0.433 e. The summed E-state index contributed by atoms with van der Waals surface area (Å²) in [5.41, 5.74) is 0. The minimum atomic E-state index is -7.19. The normalized spacial score (nSPS) is 15.6. The molecule has 0 aliphatic rings. The minimum absolute atomic E-state index is 0.0286. The Morgan fingerprint density at radius 1 is 0.867 bits per heavy atom. The second kappa shape index (κ2) is 9.15. The van der Waals surface area contributed by atoms with Gasteiger partial charge in [-0.2, -0.15) is 34.8 Å². The standard InChI is InChI=1S/C12H20F6N2O7S3/c1-4-6-7-8(5-2)9(21)19-29(24,25)11(15,16)10(13,14)12(17,18)30(26,27)20-28(3,22)23/h8,20H,4-7H2,1-3H3,(H,19,21). The summed E-state index contributed by atoms with van der Waals surface area (Å²) in [5, 5.41) is -13.8. The van der Waals surface area contributed by atoms with E-state index in [0.717, 1.165) is 0 Å². The van der Waals surface area contributed by atoms with Gasteiger partial charge >= 0.3 is 26.5 Å². The van der Waals surface area contributed by atoms with Gasteiger partial charge in [0, 0.05) is 5.92 Å². The first-order valence-corrected chi connectivity index (χ1v) is 12.9. The molecule has 18 heteroatoms. The van der Waals surface area contributed by atoms with E-state index in [1.54, 1.807) is 6.92 Å². The molecule has 0 aromatic carbocycles. The summed E-state index contributed by atoms with van der Waals surface area (Å²) in [7, 11) is -19.1. The number of unbranched alkanes of at least 4 members (excludes halogenated alkanes) is 1. The molecule has 0 aliphatic heterocycles. The van der Waals surface area contributed by atoms with Crippen LogP contribution in [0.3, 0.4) is 0 Å². The summed E-state index contributed by atoms with van der Waals surface area (Å²) < 4.78 is 151. The van der Waals surface area contributed by atoms with Crippen LogP contribution in [0.25, 0.3) is 0 Å². The Hall–Kier alpha value is -1.14. The van der Waals surface area contributed by atoms with Crippen molar-refractivity contribution in [2.75, 3.05) is 6.26 Å². The number of alkyl halides is 6. The lowest BCUT2D eigenvalue weighted by atomic mass is 9.99. The smallest absolute Gasteiger partial charge is 0.274 e. The Labute approximate surface area is 169 Å². The molecule has 9 nitrogen and oxygen atoms in total. The molecule has 0 bridgehead atoms. The zero-order valence-corrected chi connectivity index (χ0v) is 18.2. The highest BCUT2D eigenvalue weighted by atomic mass is 32.3. The highest BCUT2D eigenvalue weighted by Gasteiger charge is 2.82. The molecule has 0 saturated heterocycles. The fourth-order valence-electron chi connectivity index (χ4n) is 2.01. The average molecular weight is 514 g/mol. The first kappa shape index (κ1) is 28.9. The van der Waals surface area contributed by atoms with Gasteiger partial charge in [-0.15, -0.1) is 4.13 Å². The predicted molar refractivity (Wildman–Crippen MR) is 92.1 cm³/mol. The molecule has 0 rings (SSSR count). The molecule has 2 N–H and O–H groups in total. The number of hydrogen-bond acceptors (Lipinski definition) is 7. The Kier molecular flexibility index (Phi) is 8.81. The molecular weight excluding hydrogens is 494 g/mol. The molecule has 0 aromatic heterocycles. The molecule has 1 unspecified atom stereocenters. The Bertz CT molecular complexity index is 949. The number of carbonyl (C=O) groups is 1. The number of amides is 1. The summed E-state index contributed by atoms with van der Waals surface area (Å²) >= 11 is 0. The topological polar surface area (TPSA) is 144 Å². The molecule has 0 aliphatic carbocycles. The fraction of sp³-hybridized carbons (Fsp3) is 0.917. The maximum atomic E-state index is 13.9. The van der Waals surface area contributed by atoms with E-state index in [1.807, 2.05) is 0 Å². The Morgan fingerprint density at radius 2 is 1.30 bits per heavy atom. The van der Waals surface area contributed by atoms with Crippen molar-refractivity contribution < 1.29 is 56.4 Å². The van der Waals surface area contributed by atoms with Crippen LogP contribution in [0, 0.1) is 5.92 Å². The average Bonchev–Trinajstić information content (AvgIpc) is 2.52. The van der Waals surface area contributed by atoms with E-state index in [0.29, 0.717) is 17.6 Å². The van der Waals surface area contributed by atoms with Gasteiger partial charge in [0.1, 0.15) is 0 Å². The fourth-order valence-corrected chi connectivity index (χ4v) is 5.58. The van der Waals surface area contributed by atoms with Crippen molar-refractivity contribution in [3.05, 3.63) is 0 Å². The molecule has 1 amide bonds. The highest BCUT2D eigenvalue weighted by Crippen LogP contribution is 2.50. The van der Waals surface area contributed by atoms with Gasteiger partial charge in [0.15, 0.2) is 0 Å².